The summed E-state index contributed by atoms with van der Waals surface area (Å²) in [6.07, 6.45) is 2.11. The van der Waals surface area contributed by atoms with Gasteiger partial charge < -0.3 is 11.1 Å². The maximum absolute atomic E-state index is 12.0. The van der Waals surface area contributed by atoms with Crippen molar-refractivity contribution in [1.82, 2.24) is 9.78 Å². The molecule has 0 aliphatic rings. The van der Waals surface area contributed by atoms with Gasteiger partial charge in [0.25, 0.3) is 0 Å². The normalized spacial score (nSPS) is 10.5. The quantitative estimate of drug-likeness (QED) is 0.870. The van der Waals surface area contributed by atoms with Crippen LogP contribution in [0.25, 0.3) is 0 Å². The molecule has 2 rings (SSSR count). The molecule has 0 aliphatic heterocycles. The van der Waals surface area contributed by atoms with E-state index >= 15 is 0 Å². The highest BCUT2D eigenvalue weighted by Gasteiger charge is 2.10. The molecule has 0 bridgehead atoms. The number of hydrogen-bond donors (Lipinski definition) is 2. The highest BCUT2D eigenvalue weighted by Crippen LogP contribution is 2.13. The third-order valence-corrected chi connectivity index (χ3v) is 2.98. The lowest BCUT2D eigenvalue weighted by Crippen LogP contribution is -2.16. The van der Waals surface area contributed by atoms with E-state index in [4.69, 9.17) is 5.73 Å². The van der Waals surface area contributed by atoms with Crippen LogP contribution in [0.5, 0.6) is 0 Å². The van der Waals surface area contributed by atoms with Crippen LogP contribution in [-0.2, 0) is 24.8 Å². The Morgan fingerprint density at radius 2 is 2.05 bits per heavy atom. The third kappa shape index (κ3) is 3.20. The van der Waals surface area contributed by atoms with E-state index in [1.54, 1.807) is 10.9 Å². The summed E-state index contributed by atoms with van der Waals surface area (Å²) in [6, 6.07) is 7.71. The molecule has 19 heavy (non-hydrogen) atoms. The maximum atomic E-state index is 12.0. The molecule has 0 spiro atoms. The second kappa shape index (κ2) is 5.67. The van der Waals surface area contributed by atoms with E-state index in [0.29, 0.717) is 13.0 Å². The Labute approximate surface area is 112 Å². The first-order valence-electron chi connectivity index (χ1n) is 6.17. The van der Waals surface area contributed by atoms with Crippen LogP contribution < -0.4 is 11.1 Å². The predicted molar refractivity (Wildman–Crippen MR) is 74.6 cm³/mol. The van der Waals surface area contributed by atoms with Crippen LogP contribution in [0, 0.1) is 6.92 Å². The average molecular weight is 258 g/mol. The van der Waals surface area contributed by atoms with Crippen molar-refractivity contribution < 1.29 is 4.79 Å². The van der Waals surface area contributed by atoms with Crippen molar-refractivity contribution in [2.75, 3.05) is 5.32 Å². The highest BCUT2D eigenvalue weighted by atomic mass is 16.1. The Morgan fingerprint density at radius 3 is 2.63 bits per heavy atom. The summed E-state index contributed by atoms with van der Waals surface area (Å²) in [5, 5.41) is 7.05. The molecule has 0 unspecified atom stereocenters. The fourth-order valence-electron chi connectivity index (χ4n) is 2.02. The fourth-order valence-corrected chi connectivity index (χ4v) is 2.02. The summed E-state index contributed by atoms with van der Waals surface area (Å²) in [5.41, 5.74) is 9.18. The van der Waals surface area contributed by atoms with Crippen LogP contribution in [0.15, 0.2) is 30.5 Å². The van der Waals surface area contributed by atoms with Crippen molar-refractivity contribution >= 4 is 11.6 Å². The second-order valence-electron chi connectivity index (χ2n) is 4.50. The van der Waals surface area contributed by atoms with Gasteiger partial charge in [-0.3, -0.25) is 9.48 Å². The minimum absolute atomic E-state index is 0.0583. The molecule has 1 aromatic carbocycles. The van der Waals surface area contributed by atoms with E-state index in [-0.39, 0.29) is 5.91 Å². The van der Waals surface area contributed by atoms with Gasteiger partial charge in [-0.05, 0) is 18.1 Å². The van der Waals surface area contributed by atoms with Gasteiger partial charge in [-0.2, -0.15) is 5.10 Å². The molecule has 0 fully saturated rings. The lowest BCUT2D eigenvalue weighted by Gasteiger charge is -2.07. The fraction of sp³-hybridized carbons (Fsp3) is 0.286. The van der Waals surface area contributed by atoms with Crippen LogP contribution in [-0.4, -0.2) is 15.7 Å². The van der Waals surface area contributed by atoms with Gasteiger partial charge in [0.1, 0.15) is 0 Å². The lowest BCUT2D eigenvalue weighted by atomic mass is 10.0. The summed E-state index contributed by atoms with van der Waals surface area (Å²) in [4.78, 5) is 12.0. The third-order valence-electron chi connectivity index (χ3n) is 2.98. The first kappa shape index (κ1) is 13.3. The summed E-state index contributed by atoms with van der Waals surface area (Å²) < 4.78 is 1.68. The molecule has 5 heteroatoms. The van der Waals surface area contributed by atoms with Crippen molar-refractivity contribution in [2.24, 2.45) is 12.8 Å². The minimum Gasteiger partial charge on any atom is -0.326 e. The standard InChI is InChI=1S/C14H18N4O/c1-10-13(9-18(2)17-10)16-14(19)7-11-5-3-4-6-12(11)8-15/h3-6,9H,7-8,15H2,1-2H3,(H,16,19). The molecule has 100 valence electrons. The van der Waals surface area contributed by atoms with Crippen LogP contribution in [0.1, 0.15) is 16.8 Å². The molecule has 3 N–H and O–H groups in total. The van der Waals surface area contributed by atoms with E-state index in [0.717, 1.165) is 22.5 Å². The van der Waals surface area contributed by atoms with Crippen LogP contribution in [0.3, 0.4) is 0 Å². The number of anilines is 1. The van der Waals surface area contributed by atoms with Crippen LogP contribution >= 0.6 is 0 Å². The molecule has 1 amide bonds. The Morgan fingerprint density at radius 1 is 1.37 bits per heavy atom. The number of benzene rings is 1. The number of carbonyl (C=O) groups is 1. The van der Waals surface area contributed by atoms with Gasteiger partial charge in [0.15, 0.2) is 0 Å². The van der Waals surface area contributed by atoms with E-state index in [9.17, 15) is 4.79 Å². The number of aromatic nitrogens is 2. The minimum atomic E-state index is -0.0583. The average Bonchev–Trinajstić information content (AvgIpc) is 2.68. The van der Waals surface area contributed by atoms with Gasteiger partial charge in [0.2, 0.25) is 5.91 Å². The van der Waals surface area contributed by atoms with Gasteiger partial charge in [-0.15, -0.1) is 0 Å². The number of rotatable bonds is 4. The van der Waals surface area contributed by atoms with Gasteiger partial charge in [0.05, 0.1) is 17.8 Å². The zero-order chi connectivity index (χ0) is 13.8. The highest BCUT2D eigenvalue weighted by molar-refractivity contribution is 5.92. The van der Waals surface area contributed by atoms with Crippen molar-refractivity contribution in [3.63, 3.8) is 0 Å². The zero-order valence-corrected chi connectivity index (χ0v) is 11.2. The Hall–Kier alpha value is -2.14. The molecule has 0 radical (unpaired) electrons. The lowest BCUT2D eigenvalue weighted by molar-refractivity contribution is -0.115. The molecule has 5 nitrogen and oxygen atoms in total. The summed E-state index contributed by atoms with van der Waals surface area (Å²) in [6.45, 7) is 2.30. The first-order valence-corrected chi connectivity index (χ1v) is 6.17. The van der Waals surface area contributed by atoms with Crippen LogP contribution in [0.2, 0.25) is 0 Å². The second-order valence-corrected chi connectivity index (χ2v) is 4.50. The Bertz CT molecular complexity index is 589. The molecule has 0 aliphatic carbocycles. The zero-order valence-electron chi connectivity index (χ0n) is 11.2. The number of hydrogen-bond acceptors (Lipinski definition) is 3. The molecule has 1 aromatic heterocycles. The number of aryl methyl sites for hydroxylation is 2. The molecule has 1 heterocycles. The monoisotopic (exact) mass is 258 g/mol. The number of nitrogens with one attached hydrogen (secondary N) is 1. The maximum Gasteiger partial charge on any atom is 0.228 e. The topological polar surface area (TPSA) is 72.9 Å². The summed E-state index contributed by atoms with van der Waals surface area (Å²) in [5.74, 6) is -0.0583. The van der Waals surface area contributed by atoms with E-state index < -0.39 is 0 Å². The number of carbonyl (C=O) groups excluding carboxylic acids is 1. The van der Waals surface area contributed by atoms with Gasteiger partial charge in [0, 0.05) is 19.8 Å². The van der Waals surface area contributed by atoms with Gasteiger partial charge >= 0.3 is 0 Å². The molecule has 0 saturated carbocycles. The molecular weight excluding hydrogens is 240 g/mol. The molecule has 0 atom stereocenters. The predicted octanol–water partition coefficient (Wildman–Crippen LogP) is 1.37. The summed E-state index contributed by atoms with van der Waals surface area (Å²) in [7, 11) is 1.83. The van der Waals surface area contributed by atoms with Crippen molar-refractivity contribution in [2.45, 2.75) is 19.9 Å². The van der Waals surface area contributed by atoms with Crippen molar-refractivity contribution in [3.05, 3.63) is 47.3 Å². The number of nitrogens with two attached hydrogens (primary N) is 1. The number of nitrogens with zero attached hydrogens (tertiary/aromatic N) is 2. The Balaban J connectivity index is 2.07. The van der Waals surface area contributed by atoms with E-state index in [1.165, 1.54) is 0 Å². The van der Waals surface area contributed by atoms with E-state index in [1.807, 2.05) is 38.2 Å². The first-order chi connectivity index (χ1) is 9.10. The molecule has 0 saturated heterocycles. The van der Waals surface area contributed by atoms with E-state index in [2.05, 4.69) is 10.4 Å². The summed E-state index contributed by atoms with van der Waals surface area (Å²) >= 11 is 0. The number of amides is 1. The van der Waals surface area contributed by atoms with Gasteiger partial charge in [-0.1, -0.05) is 24.3 Å². The van der Waals surface area contributed by atoms with Crippen molar-refractivity contribution in [3.8, 4) is 0 Å². The molecule has 2 aromatic rings. The SMILES string of the molecule is Cc1nn(C)cc1NC(=O)Cc1ccccc1CN. The van der Waals surface area contributed by atoms with Gasteiger partial charge in [-0.25, -0.2) is 0 Å². The Kier molecular flexibility index (Phi) is 3.97. The van der Waals surface area contributed by atoms with Crippen LogP contribution in [0.4, 0.5) is 5.69 Å². The molecular formula is C14H18N4O. The van der Waals surface area contributed by atoms with Crippen molar-refractivity contribution in [1.29, 1.82) is 0 Å². The largest absolute Gasteiger partial charge is 0.326 e. The smallest absolute Gasteiger partial charge is 0.228 e.